The number of benzene rings is 1. The van der Waals surface area contributed by atoms with Gasteiger partial charge in [0.05, 0.1) is 12.6 Å². The highest BCUT2D eigenvalue weighted by molar-refractivity contribution is 7.09. The van der Waals surface area contributed by atoms with Gasteiger partial charge in [0.15, 0.2) is 0 Å². The Morgan fingerprint density at radius 1 is 1.29 bits per heavy atom. The summed E-state index contributed by atoms with van der Waals surface area (Å²) >= 11 is 1.74. The summed E-state index contributed by atoms with van der Waals surface area (Å²) in [6.07, 6.45) is 5.32. The summed E-state index contributed by atoms with van der Waals surface area (Å²) in [6.45, 7) is 3.51. The number of aromatic nitrogens is 1. The third-order valence-corrected chi connectivity index (χ3v) is 6.07. The van der Waals surface area contributed by atoms with Crippen molar-refractivity contribution in [3.8, 4) is 0 Å². The second-order valence-corrected chi connectivity index (χ2v) is 8.38. The number of aromatic amines is 1. The van der Waals surface area contributed by atoms with E-state index in [9.17, 15) is 4.79 Å². The van der Waals surface area contributed by atoms with Gasteiger partial charge in [0.25, 0.3) is 0 Å². The summed E-state index contributed by atoms with van der Waals surface area (Å²) in [5, 5.41) is 6.40. The molecule has 5 nitrogen and oxygen atoms in total. The molecule has 0 unspecified atom stereocenters. The largest absolute Gasteiger partial charge is 0.377 e. The van der Waals surface area contributed by atoms with Crippen LogP contribution in [0.1, 0.15) is 23.3 Å². The molecule has 1 fully saturated rings. The minimum atomic E-state index is 0.0781. The van der Waals surface area contributed by atoms with Crippen molar-refractivity contribution in [2.75, 3.05) is 26.2 Å². The Morgan fingerprint density at radius 3 is 3.04 bits per heavy atom. The van der Waals surface area contributed by atoms with E-state index in [0.717, 1.165) is 44.5 Å². The second kappa shape index (κ2) is 9.37. The Hall–Kier alpha value is -2.15. The Balaban J connectivity index is 1.29. The predicted octanol–water partition coefficient (Wildman–Crippen LogP) is 3.57. The average molecular weight is 398 g/mol. The molecule has 3 heterocycles. The predicted molar refractivity (Wildman–Crippen MR) is 114 cm³/mol. The maximum absolute atomic E-state index is 12.5. The topological polar surface area (TPSA) is 57.4 Å². The number of carbonyl (C=O) groups excluding carboxylic acids is 1. The van der Waals surface area contributed by atoms with Crippen molar-refractivity contribution in [2.24, 2.45) is 0 Å². The Morgan fingerprint density at radius 2 is 2.21 bits per heavy atom. The fourth-order valence-corrected chi connectivity index (χ4v) is 4.56. The molecule has 0 saturated carbocycles. The molecule has 0 spiro atoms. The minimum Gasteiger partial charge on any atom is -0.377 e. The van der Waals surface area contributed by atoms with Crippen LogP contribution in [0, 0.1) is 0 Å². The molecular weight excluding hydrogens is 370 g/mol. The van der Waals surface area contributed by atoms with Crippen LogP contribution >= 0.6 is 11.3 Å². The van der Waals surface area contributed by atoms with E-state index in [2.05, 4.69) is 44.8 Å². The Bertz CT molecular complexity index is 884. The fourth-order valence-electron chi connectivity index (χ4n) is 3.82. The molecule has 1 amide bonds. The first-order valence-electron chi connectivity index (χ1n) is 9.96. The summed E-state index contributed by atoms with van der Waals surface area (Å²) in [7, 11) is 0. The van der Waals surface area contributed by atoms with Gasteiger partial charge in [-0.3, -0.25) is 9.69 Å². The molecule has 0 radical (unpaired) electrons. The van der Waals surface area contributed by atoms with Crippen LogP contribution < -0.4 is 5.32 Å². The van der Waals surface area contributed by atoms with Crippen LogP contribution in [0.2, 0.25) is 0 Å². The molecule has 2 N–H and O–H groups in total. The van der Waals surface area contributed by atoms with Crippen LogP contribution in [-0.4, -0.2) is 48.1 Å². The maximum Gasteiger partial charge on any atom is 0.234 e. The third-order valence-electron chi connectivity index (χ3n) is 5.20. The summed E-state index contributed by atoms with van der Waals surface area (Å²) in [4.78, 5) is 19.3. The number of fused-ring (bicyclic) bond motifs is 1. The summed E-state index contributed by atoms with van der Waals surface area (Å²) in [5.74, 6) is 0.0781. The highest BCUT2D eigenvalue weighted by Gasteiger charge is 2.21. The summed E-state index contributed by atoms with van der Waals surface area (Å²) in [5.41, 5.74) is 2.38. The lowest BCUT2D eigenvalue weighted by molar-refractivity contribution is -0.122. The van der Waals surface area contributed by atoms with Gasteiger partial charge in [0.2, 0.25) is 5.91 Å². The van der Waals surface area contributed by atoms with Gasteiger partial charge in [-0.15, -0.1) is 11.3 Å². The molecular formula is C22H27N3O2S. The van der Waals surface area contributed by atoms with E-state index in [1.807, 2.05) is 18.3 Å². The van der Waals surface area contributed by atoms with E-state index in [0.29, 0.717) is 13.1 Å². The van der Waals surface area contributed by atoms with Crippen LogP contribution in [0.25, 0.3) is 10.9 Å². The van der Waals surface area contributed by atoms with Gasteiger partial charge >= 0.3 is 0 Å². The molecule has 1 aliphatic rings. The highest BCUT2D eigenvalue weighted by Crippen LogP contribution is 2.18. The van der Waals surface area contributed by atoms with Crippen LogP contribution in [-0.2, 0) is 22.5 Å². The van der Waals surface area contributed by atoms with Crippen molar-refractivity contribution in [3.05, 3.63) is 58.4 Å². The number of carbonyl (C=O) groups is 1. The van der Waals surface area contributed by atoms with Gasteiger partial charge in [-0.05, 0) is 42.3 Å². The second-order valence-electron chi connectivity index (χ2n) is 7.34. The molecule has 2 aromatic heterocycles. The normalized spacial score (nSPS) is 16.8. The molecule has 3 aromatic rings. The maximum atomic E-state index is 12.5. The van der Waals surface area contributed by atoms with Crippen molar-refractivity contribution in [3.63, 3.8) is 0 Å². The number of thiophene rings is 1. The van der Waals surface area contributed by atoms with Crippen molar-refractivity contribution < 1.29 is 9.53 Å². The quantitative estimate of drug-likeness (QED) is 0.580. The standard InChI is InChI=1S/C22H27N3O2S/c26-22(23-10-9-17-13-24-21-8-2-1-7-20(17)21)16-25(14-18-5-3-11-27-18)15-19-6-4-12-28-19/h1-2,4,6-8,12-13,18,24H,3,5,9-11,14-16H2,(H,23,26)/t18-/m1/s1. The molecule has 4 rings (SSSR count). The molecule has 6 heteroatoms. The SMILES string of the molecule is O=C(CN(Cc1cccs1)C[C@H]1CCCO1)NCCc1c[nH]c2ccccc12. The first kappa shape index (κ1) is 19.2. The molecule has 0 aliphatic carbocycles. The third kappa shape index (κ3) is 5.01. The van der Waals surface area contributed by atoms with E-state index in [-0.39, 0.29) is 12.0 Å². The monoisotopic (exact) mass is 397 g/mol. The molecule has 1 saturated heterocycles. The Kier molecular flexibility index (Phi) is 6.41. The molecule has 0 bridgehead atoms. The van der Waals surface area contributed by atoms with Crippen LogP contribution in [0.4, 0.5) is 0 Å². The summed E-state index contributed by atoms with van der Waals surface area (Å²) < 4.78 is 5.78. The lowest BCUT2D eigenvalue weighted by Gasteiger charge is -2.24. The van der Waals surface area contributed by atoms with E-state index in [1.165, 1.54) is 15.8 Å². The molecule has 1 aromatic carbocycles. The van der Waals surface area contributed by atoms with Gasteiger partial charge in [-0.2, -0.15) is 0 Å². The Labute approximate surface area is 169 Å². The number of nitrogens with one attached hydrogen (secondary N) is 2. The average Bonchev–Trinajstić information content (AvgIpc) is 3.44. The number of amides is 1. The van der Waals surface area contributed by atoms with Gasteiger partial charge < -0.3 is 15.0 Å². The number of H-pyrrole nitrogens is 1. The number of ether oxygens (including phenoxy) is 1. The molecule has 1 atom stereocenters. The summed E-state index contributed by atoms with van der Waals surface area (Å²) in [6, 6.07) is 12.5. The zero-order chi connectivity index (χ0) is 19.2. The van der Waals surface area contributed by atoms with E-state index in [1.54, 1.807) is 11.3 Å². The zero-order valence-electron chi connectivity index (χ0n) is 16.0. The van der Waals surface area contributed by atoms with Crippen molar-refractivity contribution in [2.45, 2.75) is 31.9 Å². The molecule has 1 aliphatic heterocycles. The molecule has 28 heavy (non-hydrogen) atoms. The minimum absolute atomic E-state index is 0.0781. The smallest absolute Gasteiger partial charge is 0.234 e. The number of hydrogen-bond acceptors (Lipinski definition) is 4. The lowest BCUT2D eigenvalue weighted by atomic mass is 10.1. The number of para-hydroxylation sites is 1. The van der Waals surface area contributed by atoms with Gasteiger partial charge in [-0.1, -0.05) is 24.3 Å². The number of nitrogens with zero attached hydrogens (tertiary/aromatic N) is 1. The molecule has 148 valence electrons. The lowest BCUT2D eigenvalue weighted by Crippen LogP contribution is -2.40. The van der Waals surface area contributed by atoms with Crippen LogP contribution in [0.15, 0.2) is 48.0 Å². The first-order chi connectivity index (χ1) is 13.8. The van der Waals surface area contributed by atoms with Gasteiger partial charge in [0, 0.05) is 48.2 Å². The zero-order valence-corrected chi connectivity index (χ0v) is 16.8. The van der Waals surface area contributed by atoms with Crippen molar-refractivity contribution >= 4 is 28.1 Å². The van der Waals surface area contributed by atoms with Crippen molar-refractivity contribution in [1.29, 1.82) is 0 Å². The van der Waals surface area contributed by atoms with E-state index < -0.39 is 0 Å². The highest BCUT2D eigenvalue weighted by atomic mass is 32.1. The van der Waals surface area contributed by atoms with Crippen LogP contribution in [0.3, 0.4) is 0 Å². The van der Waals surface area contributed by atoms with Crippen LogP contribution in [0.5, 0.6) is 0 Å². The first-order valence-corrected chi connectivity index (χ1v) is 10.8. The van der Waals surface area contributed by atoms with Crippen molar-refractivity contribution in [1.82, 2.24) is 15.2 Å². The number of rotatable bonds is 9. The fraction of sp³-hybridized carbons (Fsp3) is 0.409. The van der Waals surface area contributed by atoms with Gasteiger partial charge in [0.1, 0.15) is 0 Å². The van der Waals surface area contributed by atoms with Gasteiger partial charge in [-0.25, -0.2) is 0 Å². The number of hydrogen-bond donors (Lipinski definition) is 2. The van der Waals surface area contributed by atoms with E-state index in [4.69, 9.17) is 4.74 Å². The van der Waals surface area contributed by atoms with E-state index >= 15 is 0 Å².